The second kappa shape index (κ2) is 6.07. The van der Waals surface area contributed by atoms with Crippen LogP contribution in [0.25, 0.3) is 0 Å². The van der Waals surface area contributed by atoms with Gasteiger partial charge in [0, 0.05) is 13.6 Å². The Morgan fingerprint density at radius 3 is 2.82 bits per heavy atom. The predicted octanol–water partition coefficient (Wildman–Crippen LogP) is 1.25. The molecule has 1 heterocycles. The number of amides is 1. The van der Waals surface area contributed by atoms with Crippen LogP contribution >= 0.6 is 0 Å². The van der Waals surface area contributed by atoms with Crippen molar-refractivity contribution in [3.63, 3.8) is 0 Å². The van der Waals surface area contributed by atoms with E-state index in [1.165, 1.54) is 19.4 Å². The van der Waals surface area contributed by atoms with E-state index in [1.807, 2.05) is 6.92 Å². The number of aromatic nitrogens is 2. The summed E-state index contributed by atoms with van der Waals surface area (Å²) in [6, 6.07) is 0. The van der Waals surface area contributed by atoms with E-state index < -0.39 is 18.9 Å². The van der Waals surface area contributed by atoms with Gasteiger partial charge in [-0.1, -0.05) is 0 Å². The molecule has 94 valence electrons. The van der Waals surface area contributed by atoms with E-state index >= 15 is 0 Å². The molecule has 0 saturated carbocycles. The minimum Gasteiger partial charge on any atom is -0.369 e. The molecule has 0 aliphatic carbocycles. The molecule has 17 heavy (non-hydrogen) atoms. The van der Waals surface area contributed by atoms with Crippen LogP contribution in [0.15, 0.2) is 12.4 Å². The highest BCUT2D eigenvalue weighted by molar-refractivity contribution is 5.92. The molecule has 0 aromatic carbocycles. The third-order valence-electron chi connectivity index (χ3n) is 1.97. The quantitative estimate of drug-likeness (QED) is 0.846. The Hall–Kier alpha value is -1.79. The largest absolute Gasteiger partial charge is 0.369 e. The van der Waals surface area contributed by atoms with Gasteiger partial charge in [-0.05, 0) is 6.92 Å². The summed E-state index contributed by atoms with van der Waals surface area (Å²) in [6.45, 7) is 1.89. The smallest absolute Gasteiger partial charge is 0.274 e. The highest BCUT2D eigenvalue weighted by Gasteiger charge is 2.17. The summed E-state index contributed by atoms with van der Waals surface area (Å²) in [6.07, 6.45) is 0.160. The predicted molar refractivity (Wildman–Crippen MR) is 59.2 cm³/mol. The first-order chi connectivity index (χ1) is 8.04. The van der Waals surface area contributed by atoms with Crippen LogP contribution in [0.2, 0.25) is 0 Å². The van der Waals surface area contributed by atoms with Crippen LogP contribution in [0, 0.1) is 0 Å². The molecule has 0 fully saturated rings. The number of nitrogens with one attached hydrogen (secondary N) is 1. The molecule has 0 atom stereocenters. The van der Waals surface area contributed by atoms with Crippen LogP contribution in [0.5, 0.6) is 0 Å². The van der Waals surface area contributed by atoms with Crippen LogP contribution in [-0.4, -0.2) is 47.3 Å². The van der Waals surface area contributed by atoms with Crippen molar-refractivity contribution in [2.75, 3.05) is 25.5 Å². The first kappa shape index (κ1) is 13.3. The second-order valence-electron chi connectivity index (χ2n) is 3.40. The van der Waals surface area contributed by atoms with Gasteiger partial charge in [-0.3, -0.25) is 9.78 Å². The van der Waals surface area contributed by atoms with E-state index in [-0.39, 0.29) is 5.69 Å². The normalized spacial score (nSPS) is 10.4. The van der Waals surface area contributed by atoms with Gasteiger partial charge in [-0.2, -0.15) is 0 Å². The van der Waals surface area contributed by atoms with E-state index in [0.29, 0.717) is 12.4 Å². The molecule has 0 unspecified atom stereocenters. The van der Waals surface area contributed by atoms with E-state index in [0.717, 1.165) is 4.90 Å². The maximum Gasteiger partial charge on any atom is 0.274 e. The molecule has 7 heteroatoms. The maximum absolute atomic E-state index is 12.1. The maximum atomic E-state index is 12.1. The number of hydrogen-bond acceptors (Lipinski definition) is 4. The SMILES string of the molecule is CCNc1cncc(C(=O)N(C)CC(F)F)n1. The fourth-order valence-electron chi connectivity index (χ4n) is 1.22. The van der Waals surface area contributed by atoms with E-state index in [4.69, 9.17) is 0 Å². The van der Waals surface area contributed by atoms with Crippen LogP contribution < -0.4 is 5.32 Å². The van der Waals surface area contributed by atoms with Crippen molar-refractivity contribution in [2.45, 2.75) is 13.3 Å². The summed E-state index contributed by atoms with van der Waals surface area (Å²) >= 11 is 0. The highest BCUT2D eigenvalue weighted by Crippen LogP contribution is 2.05. The lowest BCUT2D eigenvalue weighted by Crippen LogP contribution is -2.32. The Morgan fingerprint density at radius 2 is 2.24 bits per heavy atom. The Kier molecular flexibility index (Phi) is 4.74. The van der Waals surface area contributed by atoms with Gasteiger partial charge in [-0.25, -0.2) is 13.8 Å². The molecule has 0 aliphatic rings. The van der Waals surface area contributed by atoms with Crippen molar-refractivity contribution in [3.05, 3.63) is 18.1 Å². The zero-order valence-electron chi connectivity index (χ0n) is 9.65. The molecule has 0 bridgehead atoms. The van der Waals surface area contributed by atoms with Gasteiger partial charge in [0.05, 0.1) is 18.9 Å². The molecular formula is C10H14F2N4O. The molecule has 0 radical (unpaired) electrons. The van der Waals surface area contributed by atoms with E-state index in [2.05, 4.69) is 15.3 Å². The van der Waals surface area contributed by atoms with Gasteiger partial charge in [0.15, 0.2) is 0 Å². The summed E-state index contributed by atoms with van der Waals surface area (Å²) < 4.78 is 24.2. The molecule has 5 nitrogen and oxygen atoms in total. The summed E-state index contributed by atoms with van der Waals surface area (Å²) in [5.41, 5.74) is 0.0478. The van der Waals surface area contributed by atoms with Crippen molar-refractivity contribution >= 4 is 11.7 Å². The van der Waals surface area contributed by atoms with Gasteiger partial charge < -0.3 is 10.2 Å². The van der Waals surface area contributed by atoms with Gasteiger partial charge in [0.1, 0.15) is 11.5 Å². The van der Waals surface area contributed by atoms with Crippen LogP contribution in [0.1, 0.15) is 17.4 Å². The zero-order chi connectivity index (χ0) is 12.8. The lowest BCUT2D eigenvalue weighted by atomic mass is 10.4. The number of hydrogen-bond donors (Lipinski definition) is 1. The Balaban J connectivity index is 2.77. The zero-order valence-corrected chi connectivity index (χ0v) is 9.65. The standard InChI is InChI=1S/C10H14F2N4O/c1-3-14-9-5-13-4-7(15-9)10(17)16(2)6-8(11)12/h4-5,8H,3,6H2,1-2H3,(H,14,15). The van der Waals surface area contributed by atoms with Crippen molar-refractivity contribution in [2.24, 2.45) is 0 Å². The molecule has 0 spiro atoms. The van der Waals surface area contributed by atoms with E-state index in [1.54, 1.807) is 0 Å². The third-order valence-corrected chi connectivity index (χ3v) is 1.97. The molecular weight excluding hydrogens is 230 g/mol. The molecule has 1 rings (SSSR count). The fourth-order valence-corrected chi connectivity index (χ4v) is 1.22. The minimum absolute atomic E-state index is 0.0478. The summed E-state index contributed by atoms with van der Waals surface area (Å²) in [5.74, 6) is -0.124. The number of rotatable bonds is 5. The number of nitrogens with zero attached hydrogens (tertiary/aromatic N) is 3. The molecule has 1 aromatic heterocycles. The second-order valence-corrected chi connectivity index (χ2v) is 3.40. The van der Waals surface area contributed by atoms with Gasteiger partial charge >= 0.3 is 0 Å². The highest BCUT2D eigenvalue weighted by atomic mass is 19.3. The van der Waals surface area contributed by atoms with Crippen molar-refractivity contribution in [3.8, 4) is 0 Å². The first-order valence-corrected chi connectivity index (χ1v) is 5.14. The van der Waals surface area contributed by atoms with Crippen LogP contribution in [0.4, 0.5) is 14.6 Å². The Morgan fingerprint density at radius 1 is 1.53 bits per heavy atom. The Bertz CT molecular complexity index is 386. The molecule has 1 amide bonds. The number of halogens is 2. The van der Waals surface area contributed by atoms with Crippen molar-refractivity contribution in [1.82, 2.24) is 14.9 Å². The average Bonchev–Trinajstić information content (AvgIpc) is 2.28. The van der Waals surface area contributed by atoms with Gasteiger partial charge in [0.2, 0.25) is 0 Å². The number of anilines is 1. The van der Waals surface area contributed by atoms with Crippen molar-refractivity contribution in [1.29, 1.82) is 0 Å². The number of alkyl halides is 2. The Labute approximate surface area is 97.9 Å². The number of carbonyl (C=O) groups is 1. The topological polar surface area (TPSA) is 58.1 Å². The summed E-state index contributed by atoms with van der Waals surface area (Å²) in [7, 11) is 1.30. The minimum atomic E-state index is -2.56. The van der Waals surface area contributed by atoms with Gasteiger partial charge in [0.25, 0.3) is 12.3 Å². The van der Waals surface area contributed by atoms with Crippen LogP contribution in [-0.2, 0) is 0 Å². The summed E-state index contributed by atoms with van der Waals surface area (Å²) in [4.78, 5) is 20.4. The lowest BCUT2D eigenvalue weighted by Gasteiger charge is -2.15. The van der Waals surface area contributed by atoms with Crippen LogP contribution in [0.3, 0.4) is 0 Å². The third kappa shape index (κ3) is 3.93. The molecule has 1 aromatic rings. The first-order valence-electron chi connectivity index (χ1n) is 5.14. The average molecular weight is 244 g/mol. The summed E-state index contributed by atoms with van der Waals surface area (Å²) in [5, 5.41) is 2.89. The molecule has 1 N–H and O–H groups in total. The van der Waals surface area contributed by atoms with E-state index in [9.17, 15) is 13.6 Å². The monoisotopic (exact) mass is 244 g/mol. The lowest BCUT2D eigenvalue weighted by molar-refractivity contribution is 0.0615. The molecule has 0 aliphatic heterocycles. The number of carbonyl (C=O) groups excluding carboxylic acids is 1. The fraction of sp³-hybridized carbons (Fsp3) is 0.500. The van der Waals surface area contributed by atoms with Crippen molar-refractivity contribution < 1.29 is 13.6 Å². The van der Waals surface area contributed by atoms with Gasteiger partial charge in [-0.15, -0.1) is 0 Å². The molecule has 0 saturated heterocycles.